The third-order valence-electron chi connectivity index (χ3n) is 3.35. The molecule has 2 atom stereocenters. The van der Waals surface area contributed by atoms with Gasteiger partial charge in [0.2, 0.25) is 0 Å². The first-order chi connectivity index (χ1) is 10.2. The van der Waals surface area contributed by atoms with Crippen molar-refractivity contribution in [2.75, 3.05) is 55.7 Å². The van der Waals surface area contributed by atoms with Gasteiger partial charge in [-0.25, -0.2) is 0 Å². The number of hydrogen-bond donors (Lipinski definition) is 1. The summed E-state index contributed by atoms with van der Waals surface area (Å²) < 4.78 is 32.2. The van der Waals surface area contributed by atoms with E-state index in [2.05, 4.69) is 5.32 Å². The Kier molecular flexibility index (Phi) is 13.9. The lowest BCUT2D eigenvalue weighted by Gasteiger charge is -2.23. The molecule has 128 valence electrons. The summed E-state index contributed by atoms with van der Waals surface area (Å²) in [6, 6.07) is 0. The molecule has 0 aliphatic carbocycles. The minimum absolute atomic E-state index is 0.0470. The van der Waals surface area contributed by atoms with Gasteiger partial charge in [0.15, 0.2) is 0 Å². The number of nitrogens with one attached hydrogen (secondary N) is 1. The average molecular weight is 342 g/mol. The van der Waals surface area contributed by atoms with E-state index < -0.39 is 18.6 Å². The molecule has 2 unspecified atom stereocenters. The van der Waals surface area contributed by atoms with Crippen LogP contribution in [0, 0.1) is 0 Å². The molecular formula is C12H31NO6Si2. The van der Waals surface area contributed by atoms with E-state index in [1.807, 2.05) is 0 Å². The molecule has 1 N–H and O–H groups in total. The molecule has 0 fully saturated rings. The van der Waals surface area contributed by atoms with E-state index in [1.165, 1.54) is 0 Å². The van der Waals surface area contributed by atoms with Gasteiger partial charge < -0.3 is 32.5 Å². The van der Waals surface area contributed by atoms with Crippen molar-refractivity contribution in [3.05, 3.63) is 0 Å². The van der Waals surface area contributed by atoms with Crippen LogP contribution in [-0.4, -0.2) is 85.8 Å². The highest BCUT2D eigenvalue weighted by atomic mass is 28.3. The van der Waals surface area contributed by atoms with Crippen LogP contribution in [0.5, 0.6) is 0 Å². The van der Waals surface area contributed by atoms with Gasteiger partial charge in [-0.1, -0.05) is 0 Å². The summed E-state index contributed by atoms with van der Waals surface area (Å²) in [4.78, 5) is 0. The van der Waals surface area contributed by atoms with Crippen molar-refractivity contribution in [3.8, 4) is 0 Å². The van der Waals surface area contributed by atoms with Gasteiger partial charge in [0.1, 0.15) is 0 Å². The fourth-order valence-corrected chi connectivity index (χ4v) is 5.06. The lowest BCUT2D eigenvalue weighted by atomic mass is 10.4. The van der Waals surface area contributed by atoms with Gasteiger partial charge in [0.05, 0.1) is 11.5 Å². The smallest absolute Gasteiger partial charge is 0.350 e. The minimum Gasteiger partial charge on any atom is -0.398 e. The van der Waals surface area contributed by atoms with Crippen LogP contribution in [0.4, 0.5) is 0 Å². The zero-order valence-corrected chi connectivity index (χ0v) is 16.4. The van der Waals surface area contributed by atoms with Gasteiger partial charge in [0.25, 0.3) is 0 Å². The SMILES string of the molecule is COC(CCNCCC(OC)[SiH](OC)OC)[SiH](OC)OC. The molecule has 0 aromatic heterocycles. The van der Waals surface area contributed by atoms with E-state index in [0.717, 1.165) is 25.9 Å². The molecule has 21 heavy (non-hydrogen) atoms. The molecule has 0 bridgehead atoms. The molecule has 0 aromatic carbocycles. The van der Waals surface area contributed by atoms with Crippen LogP contribution in [0.1, 0.15) is 12.8 Å². The molecule has 0 aliphatic heterocycles. The normalized spacial score (nSPS) is 14.9. The van der Waals surface area contributed by atoms with Crippen LogP contribution in [0.2, 0.25) is 0 Å². The second-order valence-corrected chi connectivity index (χ2v) is 9.40. The number of rotatable bonds is 14. The summed E-state index contributed by atoms with van der Waals surface area (Å²) in [5.41, 5.74) is 0.0941. The molecule has 0 radical (unpaired) electrons. The van der Waals surface area contributed by atoms with Crippen molar-refractivity contribution in [3.63, 3.8) is 0 Å². The highest BCUT2D eigenvalue weighted by Gasteiger charge is 2.25. The van der Waals surface area contributed by atoms with Gasteiger partial charge >= 0.3 is 18.6 Å². The molecule has 0 amide bonds. The zero-order valence-electron chi connectivity index (χ0n) is 14.1. The first-order valence-corrected chi connectivity index (χ1v) is 10.3. The van der Waals surface area contributed by atoms with Gasteiger partial charge in [-0.15, -0.1) is 0 Å². The van der Waals surface area contributed by atoms with Crippen molar-refractivity contribution in [1.82, 2.24) is 5.32 Å². The fraction of sp³-hybridized carbons (Fsp3) is 1.00. The van der Waals surface area contributed by atoms with Crippen LogP contribution in [0.15, 0.2) is 0 Å². The first-order valence-electron chi connectivity index (χ1n) is 7.05. The Morgan fingerprint density at radius 3 is 1.24 bits per heavy atom. The van der Waals surface area contributed by atoms with E-state index in [-0.39, 0.29) is 11.5 Å². The molecule has 0 spiro atoms. The fourth-order valence-electron chi connectivity index (χ4n) is 2.14. The van der Waals surface area contributed by atoms with E-state index in [4.69, 9.17) is 27.2 Å². The average Bonchev–Trinajstić information content (AvgIpc) is 2.52. The summed E-state index contributed by atoms with van der Waals surface area (Å²) >= 11 is 0. The highest BCUT2D eigenvalue weighted by Crippen LogP contribution is 2.05. The lowest BCUT2D eigenvalue weighted by molar-refractivity contribution is 0.103. The third-order valence-corrected chi connectivity index (χ3v) is 7.64. The van der Waals surface area contributed by atoms with Crippen LogP contribution in [-0.2, 0) is 27.2 Å². The summed E-state index contributed by atoms with van der Waals surface area (Å²) in [6.07, 6.45) is 1.73. The van der Waals surface area contributed by atoms with Crippen molar-refractivity contribution in [2.45, 2.75) is 24.3 Å². The molecule has 0 rings (SSSR count). The van der Waals surface area contributed by atoms with E-state index in [9.17, 15) is 0 Å². The van der Waals surface area contributed by atoms with Crippen molar-refractivity contribution < 1.29 is 27.2 Å². The molecule has 0 heterocycles. The Morgan fingerprint density at radius 2 is 1.00 bits per heavy atom. The van der Waals surface area contributed by atoms with Gasteiger partial charge in [0, 0.05) is 42.7 Å². The number of ether oxygens (including phenoxy) is 2. The molecule has 7 nitrogen and oxygen atoms in total. The Hall–Kier alpha value is 0.154. The Balaban J connectivity index is 3.92. The lowest BCUT2D eigenvalue weighted by Crippen LogP contribution is -2.41. The highest BCUT2D eigenvalue weighted by molar-refractivity contribution is 6.46. The van der Waals surface area contributed by atoms with Crippen molar-refractivity contribution >= 4 is 18.6 Å². The molecule has 9 heteroatoms. The predicted octanol–water partition coefficient (Wildman–Crippen LogP) is -0.509. The molecule has 0 aliphatic rings. The van der Waals surface area contributed by atoms with Crippen LogP contribution in [0.25, 0.3) is 0 Å². The predicted molar refractivity (Wildman–Crippen MR) is 86.0 cm³/mol. The number of methoxy groups -OCH3 is 2. The Bertz CT molecular complexity index is 210. The van der Waals surface area contributed by atoms with Crippen molar-refractivity contribution in [1.29, 1.82) is 0 Å². The van der Waals surface area contributed by atoms with Crippen molar-refractivity contribution in [2.24, 2.45) is 0 Å². The molecular weight excluding hydrogens is 310 g/mol. The van der Waals surface area contributed by atoms with Crippen LogP contribution in [0.3, 0.4) is 0 Å². The topological polar surface area (TPSA) is 67.4 Å². The summed E-state index contributed by atoms with van der Waals surface area (Å²) in [6.45, 7) is 1.69. The second-order valence-electron chi connectivity index (χ2n) is 4.56. The van der Waals surface area contributed by atoms with Gasteiger partial charge in [-0.2, -0.15) is 0 Å². The monoisotopic (exact) mass is 341 g/mol. The van der Waals surface area contributed by atoms with E-state index in [1.54, 1.807) is 42.7 Å². The number of hydrogen-bond acceptors (Lipinski definition) is 7. The second kappa shape index (κ2) is 13.8. The maximum absolute atomic E-state index is 5.43. The maximum atomic E-state index is 5.43. The quantitative estimate of drug-likeness (QED) is 0.337. The minimum atomic E-state index is -1.73. The van der Waals surface area contributed by atoms with E-state index >= 15 is 0 Å². The maximum Gasteiger partial charge on any atom is 0.350 e. The standard InChI is InChI=1S/C12H31NO6Si2/c1-14-11(20(16-3)17-4)7-9-13-10-8-12(15-2)21(18-5)19-6/h11-13,20-21H,7-10H2,1-6H3. The van der Waals surface area contributed by atoms with Crippen LogP contribution >= 0.6 is 0 Å². The van der Waals surface area contributed by atoms with Crippen LogP contribution < -0.4 is 5.32 Å². The third kappa shape index (κ3) is 8.38. The van der Waals surface area contributed by atoms with Gasteiger partial charge in [-0.3, -0.25) is 0 Å². The largest absolute Gasteiger partial charge is 0.398 e. The van der Waals surface area contributed by atoms with Gasteiger partial charge in [-0.05, 0) is 25.9 Å². The Labute approximate surface area is 131 Å². The molecule has 0 aromatic rings. The molecule has 0 saturated carbocycles. The summed E-state index contributed by atoms with van der Waals surface area (Å²) in [5.74, 6) is 0. The molecule has 0 saturated heterocycles. The first kappa shape index (κ1) is 21.2. The summed E-state index contributed by atoms with van der Waals surface area (Å²) in [5, 5.41) is 3.38. The summed E-state index contributed by atoms with van der Waals surface area (Å²) in [7, 11) is 6.60. The van der Waals surface area contributed by atoms with E-state index in [0.29, 0.717) is 0 Å². The zero-order chi connectivity index (χ0) is 16.1. The Morgan fingerprint density at radius 1 is 0.667 bits per heavy atom.